The molecule has 1 fully saturated rings. The number of nitrogens with zero attached hydrogens (tertiary/aromatic N) is 3. The first-order chi connectivity index (χ1) is 21.1. The van der Waals surface area contributed by atoms with Crippen LogP contribution in [0.3, 0.4) is 0 Å². The fourth-order valence-electron chi connectivity index (χ4n) is 5.42. The molecule has 0 atom stereocenters. The molecule has 238 valence electrons. The Morgan fingerprint density at radius 2 is 1.57 bits per heavy atom. The number of ether oxygens (including phenoxy) is 2. The van der Waals surface area contributed by atoms with Crippen LogP contribution in [0.25, 0.3) is 0 Å². The molecule has 0 bridgehead atoms. The third kappa shape index (κ3) is 8.87. The summed E-state index contributed by atoms with van der Waals surface area (Å²) in [5.74, 6) is -2.00. The molecule has 44 heavy (non-hydrogen) atoms. The second-order valence-electron chi connectivity index (χ2n) is 10.7. The highest BCUT2D eigenvalue weighted by atomic mass is 16.5. The zero-order valence-corrected chi connectivity index (χ0v) is 25.8. The molecular weight excluding hydrogens is 566 g/mol. The molecule has 0 saturated carbocycles. The number of hydrogen-bond donors (Lipinski definition) is 2. The van der Waals surface area contributed by atoms with Gasteiger partial charge in [-0.2, -0.15) is 0 Å². The van der Waals surface area contributed by atoms with Crippen molar-refractivity contribution >= 4 is 35.3 Å². The number of esters is 2. The monoisotopic (exact) mass is 609 g/mol. The third-order valence-corrected chi connectivity index (χ3v) is 7.95. The summed E-state index contributed by atoms with van der Waals surface area (Å²) in [6, 6.07) is 16.5. The average Bonchev–Trinajstić information content (AvgIpc) is 3.04. The lowest BCUT2D eigenvalue weighted by atomic mass is 9.84. The second kappa shape index (κ2) is 16.5. The van der Waals surface area contributed by atoms with E-state index in [1.807, 2.05) is 37.3 Å². The highest BCUT2D eigenvalue weighted by Gasteiger charge is 2.50. The standard InChI is InChI=1S/C32H43N5O7/c1-24-9-7-8-10-25(24)22-36(29(40)21-33)23-27(38)34-17-13-28(39)37(26-11-5-4-6-12-26)32(31(42)44-3)15-19-35(20-16-32)18-14-30(41)43-2/h4-12H,13-23,33H2,1-3H3,(H,34,38). The number of rotatable bonds is 14. The van der Waals surface area contributed by atoms with Crippen LogP contribution in [-0.2, 0) is 40.0 Å². The van der Waals surface area contributed by atoms with Gasteiger partial charge in [-0.15, -0.1) is 0 Å². The number of amides is 3. The smallest absolute Gasteiger partial charge is 0.332 e. The van der Waals surface area contributed by atoms with Crippen LogP contribution in [0, 0.1) is 6.92 Å². The topological polar surface area (TPSA) is 152 Å². The van der Waals surface area contributed by atoms with Crippen molar-refractivity contribution in [3.63, 3.8) is 0 Å². The van der Waals surface area contributed by atoms with Crippen LogP contribution < -0.4 is 16.0 Å². The van der Waals surface area contributed by atoms with Gasteiger partial charge in [-0.3, -0.25) is 24.1 Å². The molecule has 0 spiro atoms. The van der Waals surface area contributed by atoms with Gasteiger partial charge in [0.1, 0.15) is 5.54 Å². The van der Waals surface area contributed by atoms with E-state index in [0.29, 0.717) is 38.2 Å². The summed E-state index contributed by atoms with van der Waals surface area (Å²) in [5.41, 5.74) is 6.76. The highest BCUT2D eigenvalue weighted by molar-refractivity contribution is 6.02. The van der Waals surface area contributed by atoms with Crippen LogP contribution in [0.1, 0.15) is 36.8 Å². The SMILES string of the molecule is COC(=O)CCN1CCC(C(=O)OC)(N(C(=O)CCNC(=O)CN(Cc2ccccc2C)C(=O)CN)c2ccccc2)CC1. The highest BCUT2D eigenvalue weighted by Crippen LogP contribution is 2.35. The molecular formula is C32H43N5O7. The largest absolute Gasteiger partial charge is 0.469 e. The number of likely N-dealkylation sites (tertiary alicyclic amines) is 1. The van der Waals surface area contributed by atoms with Crippen LogP contribution in [-0.4, -0.2) is 98.5 Å². The average molecular weight is 610 g/mol. The van der Waals surface area contributed by atoms with E-state index in [9.17, 15) is 24.0 Å². The van der Waals surface area contributed by atoms with Crippen molar-refractivity contribution in [3.05, 3.63) is 65.7 Å². The maximum atomic E-state index is 13.9. The van der Waals surface area contributed by atoms with E-state index in [1.165, 1.54) is 24.0 Å². The Balaban J connectivity index is 1.71. The summed E-state index contributed by atoms with van der Waals surface area (Å²) < 4.78 is 9.97. The maximum Gasteiger partial charge on any atom is 0.332 e. The molecule has 0 radical (unpaired) electrons. The molecule has 3 rings (SSSR count). The fourth-order valence-corrected chi connectivity index (χ4v) is 5.42. The van der Waals surface area contributed by atoms with Crippen LogP contribution >= 0.6 is 0 Å². The summed E-state index contributed by atoms with van der Waals surface area (Å²) in [4.78, 5) is 69.2. The predicted octanol–water partition coefficient (Wildman–Crippen LogP) is 1.39. The van der Waals surface area contributed by atoms with Gasteiger partial charge in [0, 0.05) is 44.8 Å². The minimum atomic E-state index is -1.27. The van der Waals surface area contributed by atoms with E-state index in [0.717, 1.165) is 11.1 Å². The second-order valence-corrected chi connectivity index (χ2v) is 10.7. The Morgan fingerprint density at radius 3 is 2.18 bits per heavy atom. The third-order valence-electron chi connectivity index (χ3n) is 7.95. The van der Waals surface area contributed by atoms with E-state index in [4.69, 9.17) is 15.2 Å². The number of carbonyl (C=O) groups excluding carboxylic acids is 5. The normalized spacial score (nSPS) is 14.3. The molecule has 1 heterocycles. The predicted molar refractivity (Wildman–Crippen MR) is 164 cm³/mol. The van der Waals surface area contributed by atoms with Crippen molar-refractivity contribution in [1.29, 1.82) is 0 Å². The van der Waals surface area contributed by atoms with Crippen LogP contribution in [0.2, 0.25) is 0 Å². The van der Waals surface area contributed by atoms with Gasteiger partial charge in [-0.1, -0.05) is 42.5 Å². The number of carbonyl (C=O) groups is 5. The minimum Gasteiger partial charge on any atom is -0.469 e. The lowest BCUT2D eigenvalue weighted by Gasteiger charge is -2.46. The molecule has 1 saturated heterocycles. The number of benzene rings is 2. The number of methoxy groups -OCH3 is 2. The first-order valence-corrected chi connectivity index (χ1v) is 14.7. The van der Waals surface area contributed by atoms with Crippen molar-refractivity contribution < 1.29 is 33.4 Å². The molecule has 0 aliphatic carbocycles. The zero-order valence-electron chi connectivity index (χ0n) is 25.8. The number of nitrogens with two attached hydrogens (primary N) is 1. The first kappa shape index (κ1) is 34.2. The van der Waals surface area contributed by atoms with Crippen LogP contribution in [0.4, 0.5) is 5.69 Å². The molecule has 12 nitrogen and oxygen atoms in total. The van der Waals surface area contributed by atoms with E-state index in [-0.39, 0.29) is 56.8 Å². The zero-order chi connectivity index (χ0) is 32.1. The van der Waals surface area contributed by atoms with Crippen molar-refractivity contribution in [2.45, 2.75) is 44.7 Å². The van der Waals surface area contributed by atoms with Gasteiger partial charge < -0.3 is 30.3 Å². The van der Waals surface area contributed by atoms with Gasteiger partial charge in [0.15, 0.2) is 0 Å². The van der Waals surface area contributed by atoms with Gasteiger partial charge in [0.2, 0.25) is 17.7 Å². The molecule has 2 aromatic rings. The van der Waals surface area contributed by atoms with Crippen molar-refractivity contribution in [2.24, 2.45) is 5.73 Å². The molecule has 2 aromatic carbocycles. The molecule has 1 aliphatic heterocycles. The number of nitrogens with one attached hydrogen (secondary N) is 1. The quantitative estimate of drug-likeness (QED) is 0.303. The number of hydrogen-bond acceptors (Lipinski definition) is 9. The first-order valence-electron chi connectivity index (χ1n) is 14.7. The van der Waals surface area contributed by atoms with Gasteiger partial charge in [0.25, 0.3) is 0 Å². The van der Waals surface area contributed by atoms with Gasteiger partial charge in [-0.05, 0) is 43.0 Å². The molecule has 0 unspecified atom stereocenters. The van der Waals surface area contributed by atoms with Crippen molar-refractivity contribution in [2.75, 3.05) is 58.4 Å². The van der Waals surface area contributed by atoms with Crippen LogP contribution in [0.5, 0.6) is 0 Å². The number of piperidine rings is 1. The maximum absolute atomic E-state index is 13.9. The van der Waals surface area contributed by atoms with Gasteiger partial charge in [-0.25, -0.2) is 4.79 Å². The summed E-state index contributed by atoms with van der Waals surface area (Å²) in [7, 11) is 2.64. The summed E-state index contributed by atoms with van der Waals surface area (Å²) in [6.45, 7) is 3.11. The Labute approximate surface area is 258 Å². The van der Waals surface area contributed by atoms with Crippen LogP contribution in [0.15, 0.2) is 54.6 Å². The summed E-state index contributed by atoms with van der Waals surface area (Å²) in [6.07, 6.45) is 0.724. The Bertz CT molecular complexity index is 1290. The van der Waals surface area contributed by atoms with Crippen molar-refractivity contribution in [3.8, 4) is 0 Å². The Hall–Kier alpha value is -4.29. The summed E-state index contributed by atoms with van der Waals surface area (Å²) >= 11 is 0. The van der Waals surface area contributed by atoms with Gasteiger partial charge >= 0.3 is 11.9 Å². The van der Waals surface area contributed by atoms with E-state index in [2.05, 4.69) is 10.2 Å². The van der Waals surface area contributed by atoms with E-state index < -0.39 is 17.4 Å². The van der Waals surface area contributed by atoms with Crippen molar-refractivity contribution in [1.82, 2.24) is 15.1 Å². The Morgan fingerprint density at radius 1 is 0.909 bits per heavy atom. The summed E-state index contributed by atoms with van der Waals surface area (Å²) in [5, 5.41) is 2.74. The fraction of sp³-hybridized carbons (Fsp3) is 0.469. The molecule has 12 heteroatoms. The number of aryl methyl sites for hydroxylation is 1. The lowest BCUT2D eigenvalue weighted by molar-refractivity contribution is -0.151. The van der Waals surface area contributed by atoms with Gasteiger partial charge in [0.05, 0.1) is 33.7 Å². The number of anilines is 1. The lowest BCUT2D eigenvalue weighted by Crippen LogP contribution is -2.63. The van der Waals surface area contributed by atoms with E-state index >= 15 is 0 Å². The molecule has 1 aliphatic rings. The minimum absolute atomic E-state index is 0.00146. The molecule has 3 N–H and O–H groups in total. The molecule has 3 amide bonds. The number of para-hydroxylation sites is 1. The Kier molecular flexibility index (Phi) is 12.8. The molecule has 0 aromatic heterocycles. The van der Waals surface area contributed by atoms with E-state index in [1.54, 1.807) is 24.3 Å².